The third-order valence-corrected chi connectivity index (χ3v) is 6.68. The molecule has 0 atom stereocenters. The van der Waals surface area contributed by atoms with Crippen LogP contribution in [0.5, 0.6) is 0 Å². The van der Waals surface area contributed by atoms with Gasteiger partial charge in [-0.05, 0) is 55.3 Å². The molecule has 0 aliphatic carbocycles. The Morgan fingerprint density at radius 2 is 1.81 bits per heavy atom. The maximum atomic E-state index is 13.1. The minimum Gasteiger partial charge on any atom is -0.310 e. The molecule has 2 heterocycles. The predicted molar refractivity (Wildman–Crippen MR) is 118 cm³/mol. The standard InChI is InChI=1S/C22H19N5O4S/c1-13-3-6-16(21-14(2)25-27-20(29)10-9-19(28)24-22(21)27)11-18(13)32(30,31)26-17-7-4-15(12-23)5-8-17/h3-8,11,26H,9-10H2,1-2H3,(H,24,28). The average Bonchev–Trinajstić information content (AvgIpc) is 3.01. The first kappa shape index (κ1) is 21.3. The summed E-state index contributed by atoms with van der Waals surface area (Å²) in [5, 5.41) is 15.9. The number of hydrogen-bond donors (Lipinski definition) is 2. The Hall–Kier alpha value is -3.97. The molecule has 2 aromatic carbocycles. The quantitative estimate of drug-likeness (QED) is 0.628. The van der Waals surface area contributed by atoms with E-state index in [0.29, 0.717) is 33.6 Å². The van der Waals surface area contributed by atoms with Crippen molar-refractivity contribution in [1.82, 2.24) is 9.78 Å². The molecule has 1 aliphatic rings. The first-order valence-corrected chi connectivity index (χ1v) is 11.2. The molecule has 1 aromatic heterocycles. The minimum atomic E-state index is -3.95. The van der Waals surface area contributed by atoms with Gasteiger partial charge in [-0.25, -0.2) is 8.42 Å². The van der Waals surface area contributed by atoms with Gasteiger partial charge < -0.3 is 5.32 Å². The molecule has 0 unspecified atom stereocenters. The fraction of sp³-hybridized carbons (Fsp3) is 0.182. The summed E-state index contributed by atoms with van der Waals surface area (Å²) in [5.41, 5.74) is 2.74. The van der Waals surface area contributed by atoms with Gasteiger partial charge in [0.1, 0.15) is 5.82 Å². The van der Waals surface area contributed by atoms with Crippen LogP contribution in [0.3, 0.4) is 0 Å². The van der Waals surface area contributed by atoms with E-state index in [1.54, 1.807) is 26.0 Å². The molecule has 162 valence electrons. The minimum absolute atomic E-state index is 0.0431. The van der Waals surface area contributed by atoms with Crippen molar-refractivity contribution >= 4 is 33.3 Å². The van der Waals surface area contributed by atoms with Gasteiger partial charge >= 0.3 is 0 Å². The van der Waals surface area contributed by atoms with Crippen LogP contribution in [0.2, 0.25) is 0 Å². The lowest BCUT2D eigenvalue weighted by atomic mass is 10.0. The molecule has 0 fully saturated rings. The molecule has 3 aromatic rings. The number of nitriles is 1. The Bertz CT molecular complexity index is 1400. The number of aromatic nitrogens is 2. The van der Waals surface area contributed by atoms with Gasteiger partial charge in [0, 0.05) is 24.1 Å². The number of aryl methyl sites for hydroxylation is 2. The van der Waals surface area contributed by atoms with Crippen molar-refractivity contribution in [2.75, 3.05) is 10.0 Å². The first-order valence-electron chi connectivity index (χ1n) is 9.76. The van der Waals surface area contributed by atoms with Gasteiger partial charge in [0.2, 0.25) is 11.8 Å². The van der Waals surface area contributed by atoms with Crippen LogP contribution in [-0.2, 0) is 14.8 Å². The summed E-state index contributed by atoms with van der Waals surface area (Å²) in [7, 11) is -3.95. The number of nitrogens with one attached hydrogen (secondary N) is 2. The number of sulfonamides is 1. The van der Waals surface area contributed by atoms with E-state index in [2.05, 4.69) is 15.1 Å². The van der Waals surface area contributed by atoms with E-state index < -0.39 is 10.0 Å². The van der Waals surface area contributed by atoms with E-state index >= 15 is 0 Å². The third-order valence-electron chi connectivity index (χ3n) is 5.15. The van der Waals surface area contributed by atoms with Crippen LogP contribution in [0.4, 0.5) is 11.5 Å². The lowest BCUT2D eigenvalue weighted by Gasteiger charge is -2.13. The maximum absolute atomic E-state index is 13.1. The molecule has 32 heavy (non-hydrogen) atoms. The summed E-state index contributed by atoms with van der Waals surface area (Å²) < 4.78 is 29.9. The zero-order valence-corrected chi connectivity index (χ0v) is 18.2. The highest BCUT2D eigenvalue weighted by Crippen LogP contribution is 2.35. The van der Waals surface area contributed by atoms with Gasteiger partial charge in [0.15, 0.2) is 0 Å². The zero-order chi connectivity index (χ0) is 23.0. The molecule has 0 saturated heterocycles. The van der Waals surface area contributed by atoms with Gasteiger partial charge in [-0.2, -0.15) is 15.0 Å². The molecule has 1 amide bonds. The van der Waals surface area contributed by atoms with E-state index in [1.807, 2.05) is 6.07 Å². The van der Waals surface area contributed by atoms with Crippen molar-refractivity contribution in [3.05, 3.63) is 59.3 Å². The molecule has 9 nitrogen and oxygen atoms in total. The predicted octanol–water partition coefficient (Wildman–Crippen LogP) is 3.21. The van der Waals surface area contributed by atoms with Crippen LogP contribution in [0.15, 0.2) is 47.4 Å². The third kappa shape index (κ3) is 3.86. The molecule has 0 bridgehead atoms. The number of rotatable bonds is 4. The number of hydrogen-bond acceptors (Lipinski definition) is 6. The molecule has 2 N–H and O–H groups in total. The number of anilines is 2. The van der Waals surface area contributed by atoms with Crippen LogP contribution in [0, 0.1) is 25.2 Å². The van der Waals surface area contributed by atoms with Crippen LogP contribution >= 0.6 is 0 Å². The normalized spacial score (nSPS) is 13.7. The second-order valence-electron chi connectivity index (χ2n) is 7.44. The van der Waals surface area contributed by atoms with E-state index in [1.165, 1.54) is 35.0 Å². The second-order valence-corrected chi connectivity index (χ2v) is 9.09. The summed E-state index contributed by atoms with van der Waals surface area (Å²) in [4.78, 5) is 24.5. The van der Waals surface area contributed by atoms with Gasteiger partial charge in [-0.15, -0.1) is 0 Å². The van der Waals surface area contributed by atoms with Crippen molar-refractivity contribution in [3.8, 4) is 17.2 Å². The van der Waals surface area contributed by atoms with Crippen molar-refractivity contribution in [2.45, 2.75) is 31.6 Å². The lowest BCUT2D eigenvalue weighted by Crippen LogP contribution is -2.15. The Kier molecular flexibility index (Phi) is 5.28. The van der Waals surface area contributed by atoms with E-state index in [4.69, 9.17) is 5.26 Å². The smallest absolute Gasteiger partial charge is 0.262 e. The maximum Gasteiger partial charge on any atom is 0.262 e. The fourth-order valence-electron chi connectivity index (χ4n) is 3.56. The van der Waals surface area contributed by atoms with Crippen molar-refractivity contribution in [2.24, 2.45) is 0 Å². The Morgan fingerprint density at radius 3 is 2.50 bits per heavy atom. The van der Waals surface area contributed by atoms with Crippen molar-refractivity contribution in [1.29, 1.82) is 5.26 Å². The monoisotopic (exact) mass is 449 g/mol. The summed E-state index contributed by atoms with van der Waals surface area (Å²) in [6.07, 6.45) is 0.101. The summed E-state index contributed by atoms with van der Waals surface area (Å²) in [5.74, 6) is -0.377. The fourth-order valence-corrected chi connectivity index (χ4v) is 4.89. The summed E-state index contributed by atoms with van der Waals surface area (Å²) >= 11 is 0. The molecule has 0 spiro atoms. The number of fused-ring (bicyclic) bond motifs is 1. The molecular weight excluding hydrogens is 430 g/mol. The van der Waals surface area contributed by atoms with E-state index in [0.717, 1.165) is 0 Å². The number of carbonyl (C=O) groups excluding carboxylic acids is 2. The number of carbonyl (C=O) groups is 2. The molecule has 10 heteroatoms. The van der Waals surface area contributed by atoms with E-state index in [9.17, 15) is 18.0 Å². The molecule has 0 radical (unpaired) electrons. The highest BCUT2D eigenvalue weighted by molar-refractivity contribution is 7.92. The van der Waals surface area contributed by atoms with Crippen LogP contribution in [0.25, 0.3) is 11.1 Å². The number of nitrogens with zero attached hydrogens (tertiary/aromatic N) is 3. The highest BCUT2D eigenvalue weighted by Gasteiger charge is 2.27. The van der Waals surface area contributed by atoms with Crippen molar-refractivity contribution in [3.63, 3.8) is 0 Å². The SMILES string of the molecule is Cc1ccc(-c2c(C)nn3c2NC(=O)CCC3=O)cc1S(=O)(=O)Nc1ccc(C#N)cc1. The van der Waals surface area contributed by atoms with Gasteiger partial charge in [-0.3, -0.25) is 14.3 Å². The first-order chi connectivity index (χ1) is 15.2. The topological polar surface area (TPSA) is 134 Å². The summed E-state index contributed by atoms with van der Waals surface area (Å²) in [6, 6.07) is 12.9. The Morgan fingerprint density at radius 1 is 1.09 bits per heavy atom. The second kappa shape index (κ2) is 7.94. The van der Waals surface area contributed by atoms with Gasteiger partial charge in [0.05, 0.1) is 22.2 Å². The molecule has 0 saturated carbocycles. The number of benzene rings is 2. The van der Waals surface area contributed by atoms with Crippen LogP contribution in [-0.4, -0.2) is 30.0 Å². The Balaban J connectivity index is 1.78. The molecule has 4 rings (SSSR count). The van der Waals surface area contributed by atoms with Gasteiger partial charge in [-0.1, -0.05) is 12.1 Å². The van der Waals surface area contributed by atoms with Crippen molar-refractivity contribution < 1.29 is 18.0 Å². The lowest BCUT2D eigenvalue weighted by molar-refractivity contribution is -0.116. The van der Waals surface area contributed by atoms with E-state index in [-0.39, 0.29) is 35.4 Å². The van der Waals surface area contributed by atoms with Crippen LogP contribution in [0.1, 0.15) is 34.5 Å². The number of amides is 1. The molecular formula is C22H19N5O4S. The summed E-state index contributed by atoms with van der Waals surface area (Å²) in [6.45, 7) is 3.37. The zero-order valence-electron chi connectivity index (χ0n) is 17.3. The van der Waals surface area contributed by atoms with Gasteiger partial charge in [0.25, 0.3) is 10.0 Å². The Labute approximate surface area is 184 Å². The largest absolute Gasteiger partial charge is 0.310 e. The average molecular weight is 449 g/mol. The molecule has 1 aliphatic heterocycles. The van der Waals surface area contributed by atoms with Crippen LogP contribution < -0.4 is 10.0 Å². The highest BCUT2D eigenvalue weighted by atomic mass is 32.2.